The number of nitrogens with two attached hydrogens (primary N) is 1. The first-order chi connectivity index (χ1) is 8.20. The Balaban J connectivity index is 2.31. The molecule has 0 atom stereocenters. The van der Waals surface area contributed by atoms with Crippen molar-refractivity contribution in [2.45, 2.75) is 35.9 Å². The first-order valence-corrected chi connectivity index (χ1v) is 7.24. The number of hydrogen-bond donors (Lipinski definition) is 1. The predicted octanol–water partition coefficient (Wildman–Crippen LogP) is 3.53. The van der Waals surface area contributed by atoms with Crippen molar-refractivity contribution >= 4 is 28.9 Å². The van der Waals surface area contributed by atoms with Crippen molar-refractivity contribution in [2.75, 3.05) is 5.73 Å². The van der Waals surface area contributed by atoms with Gasteiger partial charge in [0.25, 0.3) is 0 Å². The fourth-order valence-corrected chi connectivity index (χ4v) is 3.20. The second kappa shape index (κ2) is 5.51. The Labute approximate surface area is 109 Å². The standard InChI is InChI=1S/C12H15N3S2/c1-3-5-9-14-11(13)8(2)12(15-9)17-10-6-4-7-16-10/h4,6-7H,3,5H2,1-2H3,(H2,13,14,15). The van der Waals surface area contributed by atoms with Crippen LogP contribution in [0.25, 0.3) is 0 Å². The molecule has 17 heavy (non-hydrogen) atoms. The second-order valence-corrected chi connectivity index (χ2v) is 5.98. The van der Waals surface area contributed by atoms with Crippen LogP contribution in [0.5, 0.6) is 0 Å². The summed E-state index contributed by atoms with van der Waals surface area (Å²) in [6.45, 7) is 4.09. The molecule has 2 aromatic heterocycles. The minimum Gasteiger partial charge on any atom is -0.383 e. The van der Waals surface area contributed by atoms with Gasteiger partial charge >= 0.3 is 0 Å². The molecule has 0 fully saturated rings. The third-order valence-corrected chi connectivity index (χ3v) is 4.48. The van der Waals surface area contributed by atoms with E-state index in [2.05, 4.69) is 28.3 Å². The molecule has 0 amide bonds. The summed E-state index contributed by atoms with van der Waals surface area (Å²) < 4.78 is 1.23. The molecule has 0 radical (unpaired) electrons. The molecule has 0 aliphatic carbocycles. The minimum atomic E-state index is 0.600. The Bertz CT molecular complexity index is 495. The van der Waals surface area contributed by atoms with Crippen molar-refractivity contribution in [3.05, 3.63) is 28.9 Å². The molecule has 0 saturated carbocycles. The van der Waals surface area contributed by atoms with Crippen molar-refractivity contribution in [1.82, 2.24) is 9.97 Å². The lowest BCUT2D eigenvalue weighted by Gasteiger charge is -2.08. The van der Waals surface area contributed by atoms with Crippen LogP contribution in [-0.4, -0.2) is 9.97 Å². The zero-order valence-corrected chi connectivity index (χ0v) is 11.6. The zero-order chi connectivity index (χ0) is 12.3. The number of aryl methyl sites for hydroxylation is 1. The Morgan fingerprint density at radius 3 is 2.88 bits per heavy atom. The summed E-state index contributed by atoms with van der Waals surface area (Å²) >= 11 is 3.38. The van der Waals surface area contributed by atoms with E-state index in [1.807, 2.05) is 13.0 Å². The van der Waals surface area contributed by atoms with Gasteiger partial charge < -0.3 is 5.73 Å². The quantitative estimate of drug-likeness (QED) is 0.859. The molecule has 2 N–H and O–H groups in total. The lowest BCUT2D eigenvalue weighted by molar-refractivity contribution is 0.806. The maximum absolute atomic E-state index is 5.92. The van der Waals surface area contributed by atoms with E-state index in [1.165, 1.54) is 4.21 Å². The summed E-state index contributed by atoms with van der Waals surface area (Å²) in [6.07, 6.45) is 1.91. The maximum Gasteiger partial charge on any atom is 0.132 e. The first-order valence-electron chi connectivity index (χ1n) is 5.55. The molecule has 5 heteroatoms. The summed E-state index contributed by atoms with van der Waals surface area (Å²) in [4.78, 5) is 8.89. The summed E-state index contributed by atoms with van der Waals surface area (Å²) in [5, 5.41) is 3.04. The van der Waals surface area contributed by atoms with Crippen LogP contribution in [0, 0.1) is 6.92 Å². The highest BCUT2D eigenvalue weighted by molar-refractivity contribution is 8.01. The predicted molar refractivity (Wildman–Crippen MR) is 73.6 cm³/mol. The van der Waals surface area contributed by atoms with Gasteiger partial charge in [-0.3, -0.25) is 0 Å². The van der Waals surface area contributed by atoms with Gasteiger partial charge in [-0.15, -0.1) is 11.3 Å². The summed E-state index contributed by atoms with van der Waals surface area (Å²) in [5.41, 5.74) is 6.89. The van der Waals surface area contributed by atoms with E-state index in [-0.39, 0.29) is 0 Å². The highest BCUT2D eigenvalue weighted by Crippen LogP contribution is 2.33. The lowest BCUT2D eigenvalue weighted by atomic mass is 10.3. The molecule has 0 aromatic carbocycles. The van der Waals surface area contributed by atoms with Crippen LogP contribution >= 0.6 is 23.1 Å². The van der Waals surface area contributed by atoms with Crippen LogP contribution in [0.3, 0.4) is 0 Å². The van der Waals surface area contributed by atoms with Crippen molar-refractivity contribution in [1.29, 1.82) is 0 Å². The number of rotatable bonds is 4. The highest BCUT2D eigenvalue weighted by atomic mass is 32.2. The number of thiophene rings is 1. The SMILES string of the molecule is CCCc1nc(N)c(C)c(Sc2cccs2)n1. The van der Waals surface area contributed by atoms with Crippen molar-refractivity contribution in [3.8, 4) is 0 Å². The molecule has 0 bridgehead atoms. The molecule has 2 aromatic rings. The maximum atomic E-state index is 5.92. The van der Waals surface area contributed by atoms with E-state index in [0.29, 0.717) is 5.82 Å². The third-order valence-electron chi connectivity index (χ3n) is 2.35. The molecule has 0 saturated heterocycles. The Morgan fingerprint density at radius 2 is 2.24 bits per heavy atom. The number of aromatic nitrogens is 2. The van der Waals surface area contributed by atoms with Crippen molar-refractivity contribution < 1.29 is 0 Å². The van der Waals surface area contributed by atoms with Crippen molar-refractivity contribution in [2.24, 2.45) is 0 Å². The summed E-state index contributed by atoms with van der Waals surface area (Å²) in [7, 11) is 0. The topological polar surface area (TPSA) is 51.8 Å². The van der Waals surface area contributed by atoms with Crippen molar-refractivity contribution in [3.63, 3.8) is 0 Å². The summed E-state index contributed by atoms with van der Waals surface area (Å²) in [6, 6.07) is 4.13. The molecule has 3 nitrogen and oxygen atoms in total. The van der Waals surface area contributed by atoms with Gasteiger partial charge in [0.1, 0.15) is 16.7 Å². The largest absolute Gasteiger partial charge is 0.383 e. The van der Waals surface area contributed by atoms with E-state index in [9.17, 15) is 0 Å². The monoisotopic (exact) mass is 265 g/mol. The number of hydrogen-bond acceptors (Lipinski definition) is 5. The molecule has 2 heterocycles. The Hall–Kier alpha value is -1.07. The van der Waals surface area contributed by atoms with Gasteiger partial charge in [0, 0.05) is 12.0 Å². The van der Waals surface area contributed by atoms with Gasteiger partial charge in [0.15, 0.2) is 0 Å². The fourth-order valence-electron chi connectivity index (χ4n) is 1.41. The van der Waals surface area contributed by atoms with Gasteiger partial charge in [-0.05, 0) is 24.8 Å². The van der Waals surface area contributed by atoms with Gasteiger partial charge in [-0.2, -0.15) is 0 Å². The number of nitrogen functional groups attached to an aromatic ring is 1. The van der Waals surface area contributed by atoms with Gasteiger partial charge in [0.05, 0.1) is 4.21 Å². The zero-order valence-electron chi connectivity index (χ0n) is 9.93. The molecule has 90 valence electrons. The van der Waals surface area contributed by atoms with Gasteiger partial charge in [-0.25, -0.2) is 9.97 Å². The fraction of sp³-hybridized carbons (Fsp3) is 0.333. The molecular formula is C12H15N3S2. The van der Waals surface area contributed by atoms with E-state index >= 15 is 0 Å². The molecule has 0 aliphatic heterocycles. The molecule has 0 aliphatic rings. The van der Waals surface area contributed by atoms with Gasteiger partial charge in [0.2, 0.25) is 0 Å². The molecule has 2 rings (SSSR count). The number of anilines is 1. The Morgan fingerprint density at radius 1 is 1.41 bits per heavy atom. The summed E-state index contributed by atoms with van der Waals surface area (Å²) in [5.74, 6) is 1.44. The van der Waals surface area contributed by atoms with Crippen LogP contribution in [-0.2, 0) is 6.42 Å². The van der Waals surface area contributed by atoms with Crippen LogP contribution in [0.4, 0.5) is 5.82 Å². The molecular weight excluding hydrogens is 250 g/mol. The van der Waals surface area contributed by atoms with Crippen LogP contribution < -0.4 is 5.73 Å². The highest BCUT2D eigenvalue weighted by Gasteiger charge is 2.10. The molecule has 0 unspecified atom stereocenters. The molecule has 0 spiro atoms. The third kappa shape index (κ3) is 2.98. The van der Waals surface area contributed by atoms with Gasteiger partial charge in [-0.1, -0.05) is 24.8 Å². The van der Waals surface area contributed by atoms with E-state index in [0.717, 1.165) is 29.3 Å². The second-order valence-electron chi connectivity index (χ2n) is 3.74. The van der Waals surface area contributed by atoms with E-state index in [4.69, 9.17) is 5.73 Å². The number of nitrogens with zero attached hydrogens (tertiary/aromatic N) is 2. The normalized spacial score (nSPS) is 10.7. The van der Waals surface area contributed by atoms with Crippen LogP contribution in [0.2, 0.25) is 0 Å². The average molecular weight is 265 g/mol. The van der Waals surface area contributed by atoms with Crippen LogP contribution in [0.15, 0.2) is 26.7 Å². The average Bonchev–Trinajstić information content (AvgIpc) is 2.78. The smallest absolute Gasteiger partial charge is 0.132 e. The Kier molecular flexibility index (Phi) is 4.02. The first kappa shape index (κ1) is 12.4. The van der Waals surface area contributed by atoms with Crippen LogP contribution in [0.1, 0.15) is 24.7 Å². The van der Waals surface area contributed by atoms with E-state index < -0.39 is 0 Å². The minimum absolute atomic E-state index is 0.600. The lowest BCUT2D eigenvalue weighted by Crippen LogP contribution is -2.04. The van der Waals surface area contributed by atoms with E-state index in [1.54, 1.807) is 23.1 Å².